The van der Waals surface area contributed by atoms with Gasteiger partial charge in [-0.2, -0.15) is 0 Å². The van der Waals surface area contributed by atoms with Crippen molar-refractivity contribution >= 4 is 11.6 Å². The largest absolute Gasteiger partial charge is 0.384 e. The van der Waals surface area contributed by atoms with Crippen LogP contribution in [0.2, 0.25) is 0 Å². The fraction of sp³-hybridized carbons (Fsp3) is 0.588. The van der Waals surface area contributed by atoms with Crippen molar-refractivity contribution in [1.82, 2.24) is 4.90 Å². The van der Waals surface area contributed by atoms with Crippen LogP contribution in [0.3, 0.4) is 0 Å². The van der Waals surface area contributed by atoms with Gasteiger partial charge in [-0.25, -0.2) is 0 Å². The van der Waals surface area contributed by atoms with Crippen LogP contribution in [0.4, 0.5) is 5.69 Å². The summed E-state index contributed by atoms with van der Waals surface area (Å²) in [4.78, 5) is 14.1. The molecule has 1 aromatic rings. The second-order valence-corrected chi connectivity index (χ2v) is 5.94. The molecule has 0 spiro atoms. The van der Waals surface area contributed by atoms with Crippen LogP contribution >= 0.6 is 0 Å². The monoisotopic (exact) mass is 306 g/mol. The number of morpholine rings is 1. The van der Waals surface area contributed by atoms with Gasteiger partial charge in [-0.1, -0.05) is 12.1 Å². The number of hydrogen-bond acceptors (Lipinski definition) is 4. The molecule has 1 N–H and O–H groups in total. The SMILES string of the molecule is COCCC(=O)Nc1cccc(CN2CC(C)OC(C)C2)c1. The van der Waals surface area contributed by atoms with Gasteiger partial charge in [0, 0.05) is 32.4 Å². The Morgan fingerprint density at radius 3 is 2.77 bits per heavy atom. The molecule has 1 amide bonds. The van der Waals surface area contributed by atoms with Crippen molar-refractivity contribution in [3.05, 3.63) is 29.8 Å². The number of carbonyl (C=O) groups excluding carboxylic acids is 1. The fourth-order valence-corrected chi connectivity index (χ4v) is 2.84. The molecule has 0 saturated carbocycles. The van der Waals surface area contributed by atoms with Crippen molar-refractivity contribution in [2.75, 3.05) is 32.1 Å². The van der Waals surface area contributed by atoms with E-state index in [4.69, 9.17) is 9.47 Å². The Labute approximate surface area is 132 Å². The van der Waals surface area contributed by atoms with E-state index < -0.39 is 0 Å². The minimum atomic E-state index is -0.0207. The molecule has 2 atom stereocenters. The van der Waals surface area contributed by atoms with Gasteiger partial charge in [-0.15, -0.1) is 0 Å². The van der Waals surface area contributed by atoms with Gasteiger partial charge in [0.25, 0.3) is 0 Å². The Morgan fingerprint density at radius 1 is 1.36 bits per heavy atom. The highest BCUT2D eigenvalue weighted by Crippen LogP contribution is 2.17. The van der Waals surface area contributed by atoms with Crippen LogP contribution in [0.1, 0.15) is 25.8 Å². The quantitative estimate of drug-likeness (QED) is 0.876. The van der Waals surface area contributed by atoms with Gasteiger partial charge in [0.2, 0.25) is 5.91 Å². The summed E-state index contributed by atoms with van der Waals surface area (Å²) in [6.45, 7) is 7.41. The highest BCUT2D eigenvalue weighted by atomic mass is 16.5. The normalized spacial score (nSPS) is 22.5. The van der Waals surface area contributed by atoms with E-state index in [0.717, 1.165) is 25.3 Å². The Kier molecular flexibility index (Phi) is 6.36. The van der Waals surface area contributed by atoms with E-state index in [1.807, 2.05) is 18.2 Å². The smallest absolute Gasteiger partial charge is 0.226 e. The van der Waals surface area contributed by atoms with Crippen LogP contribution in [0.5, 0.6) is 0 Å². The van der Waals surface area contributed by atoms with E-state index >= 15 is 0 Å². The lowest BCUT2D eigenvalue weighted by Crippen LogP contribution is -2.44. The summed E-state index contributed by atoms with van der Waals surface area (Å²) in [5, 5.41) is 2.91. The molecule has 1 aliphatic heterocycles. The molecule has 2 rings (SSSR count). The second kappa shape index (κ2) is 8.27. The molecule has 0 radical (unpaired) electrons. The molecule has 1 heterocycles. The number of benzene rings is 1. The molecule has 2 unspecified atom stereocenters. The molecule has 5 heteroatoms. The third-order valence-electron chi connectivity index (χ3n) is 3.65. The standard InChI is InChI=1S/C17H26N2O3/c1-13-10-19(11-14(2)22-13)12-15-5-4-6-16(9-15)18-17(20)7-8-21-3/h4-6,9,13-14H,7-8,10-12H2,1-3H3,(H,18,20). The summed E-state index contributed by atoms with van der Waals surface area (Å²) < 4.78 is 10.7. The molecule has 0 aromatic heterocycles. The second-order valence-electron chi connectivity index (χ2n) is 5.94. The fourth-order valence-electron chi connectivity index (χ4n) is 2.84. The molecule has 22 heavy (non-hydrogen) atoms. The van der Waals surface area contributed by atoms with Crippen LogP contribution in [0.25, 0.3) is 0 Å². The summed E-state index contributed by atoms with van der Waals surface area (Å²) in [7, 11) is 1.60. The first-order chi connectivity index (χ1) is 10.6. The number of hydrogen-bond donors (Lipinski definition) is 1. The Balaban J connectivity index is 1.92. The zero-order valence-electron chi connectivity index (χ0n) is 13.7. The van der Waals surface area contributed by atoms with Gasteiger partial charge < -0.3 is 14.8 Å². The first kappa shape index (κ1) is 16.9. The predicted molar refractivity (Wildman–Crippen MR) is 86.9 cm³/mol. The third kappa shape index (κ3) is 5.40. The minimum absolute atomic E-state index is 0.0207. The maximum Gasteiger partial charge on any atom is 0.226 e. The molecule has 1 fully saturated rings. The minimum Gasteiger partial charge on any atom is -0.384 e. The van der Waals surface area contributed by atoms with Crippen LogP contribution in [-0.4, -0.2) is 49.8 Å². The summed E-state index contributed by atoms with van der Waals surface area (Å²) in [5.41, 5.74) is 2.04. The summed E-state index contributed by atoms with van der Waals surface area (Å²) >= 11 is 0. The Bertz CT molecular complexity index is 483. The topological polar surface area (TPSA) is 50.8 Å². The van der Waals surface area contributed by atoms with Crippen molar-refractivity contribution in [2.45, 2.75) is 39.0 Å². The number of nitrogens with zero attached hydrogens (tertiary/aromatic N) is 1. The van der Waals surface area contributed by atoms with E-state index in [1.54, 1.807) is 7.11 Å². The van der Waals surface area contributed by atoms with Crippen LogP contribution in [0, 0.1) is 0 Å². The number of ether oxygens (including phenoxy) is 2. The van der Waals surface area contributed by atoms with Crippen molar-refractivity contribution < 1.29 is 14.3 Å². The number of carbonyl (C=O) groups is 1. The van der Waals surface area contributed by atoms with E-state index in [9.17, 15) is 4.79 Å². The van der Waals surface area contributed by atoms with Gasteiger partial charge in [-0.05, 0) is 31.5 Å². The lowest BCUT2D eigenvalue weighted by Gasteiger charge is -2.35. The lowest BCUT2D eigenvalue weighted by molar-refractivity contribution is -0.117. The summed E-state index contributed by atoms with van der Waals surface area (Å²) in [5.74, 6) is -0.0207. The van der Waals surface area contributed by atoms with E-state index in [2.05, 4.69) is 30.1 Å². The molecule has 1 aromatic carbocycles. The van der Waals surface area contributed by atoms with Gasteiger partial charge in [0.15, 0.2) is 0 Å². The van der Waals surface area contributed by atoms with Crippen LogP contribution in [0.15, 0.2) is 24.3 Å². The van der Waals surface area contributed by atoms with E-state index in [-0.39, 0.29) is 18.1 Å². The molecule has 122 valence electrons. The third-order valence-corrected chi connectivity index (χ3v) is 3.65. The predicted octanol–water partition coefficient (Wildman–Crippen LogP) is 2.27. The maximum atomic E-state index is 11.7. The Hall–Kier alpha value is -1.43. The molecular formula is C17H26N2O3. The summed E-state index contributed by atoms with van der Waals surface area (Å²) in [6, 6.07) is 8.03. The maximum absolute atomic E-state index is 11.7. The van der Waals surface area contributed by atoms with Crippen molar-refractivity contribution in [3.63, 3.8) is 0 Å². The number of amides is 1. The molecule has 1 aliphatic rings. The summed E-state index contributed by atoms with van der Waals surface area (Å²) in [6.07, 6.45) is 0.903. The zero-order valence-corrected chi connectivity index (χ0v) is 13.7. The molecule has 0 aliphatic carbocycles. The van der Waals surface area contributed by atoms with Crippen LogP contribution < -0.4 is 5.32 Å². The average molecular weight is 306 g/mol. The highest BCUT2D eigenvalue weighted by molar-refractivity contribution is 5.90. The van der Waals surface area contributed by atoms with Crippen molar-refractivity contribution in [3.8, 4) is 0 Å². The van der Waals surface area contributed by atoms with Crippen molar-refractivity contribution in [2.24, 2.45) is 0 Å². The zero-order chi connectivity index (χ0) is 15.9. The van der Waals surface area contributed by atoms with E-state index in [0.29, 0.717) is 13.0 Å². The molecule has 0 bridgehead atoms. The number of nitrogens with one attached hydrogen (secondary N) is 1. The van der Waals surface area contributed by atoms with Crippen molar-refractivity contribution in [1.29, 1.82) is 0 Å². The Morgan fingerprint density at radius 2 is 2.09 bits per heavy atom. The van der Waals surface area contributed by atoms with Crippen LogP contribution in [-0.2, 0) is 20.8 Å². The lowest BCUT2D eigenvalue weighted by atomic mass is 10.1. The molecule has 1 saturated heterocycles. The molecule has 5 nitrogen and oxygen atoms in total. The molecular weight excluding hydrogens is 280 g/mol. The number of methoxy groups -OCH3 is 1. The van der Waals surface area contributed by atoms with Gasteiger partial charge >= 0.3 is 0 Å². The van der Waals surface area contributed by atoms with E-state index in [1.165, 1.54) is 5.56 Å². The van der Waals surface area contributed by atoms with Gasteiger partial charge in [-0.3, -0.25) is 9.69 Å². The number of anilines is 1. The first-order valence-electron chi connectivity index (χ1n) is 7.82. The number of rotatable bonds is 6. The first-order valence-corrected chi connectivity index (χ1v) is 7.82. The van der Waals surface area contributed by atoms with Gasteiger partial charge in [0.05, 0.1) is 25.2 Å². The van der Waals surface area contributed by atoms with Gasteiger partial charge in [0.1, 0.15) is 0 Å². The highest BCUT2D eigenvalue weighted by Gasteiger charge is 2.22. The average Bonchev–Trinajstić information content (AvgIpc) is 2.44.